The number of amides is 1. The first kappa shape index (κ1) is 16.4. The van der Waals surface area contributed by atoms with Crippen molar-refractivity contribution in [2.75, 3.05) is 18.4 Å². The molecule has 106 valence electrons. The van der Waals surface area contributed by atoms with Crippen LogP contribution in [0.2, 0.25) is 10.0 Å². The quantitative estimate of drug-likeness (QED) is 0.834. The lowest BCUT2D eigenvalue weighted by molar-refractivity contribution is -0.137. The third-order valence-corrected chi connectivity index (χ3v) is 2.97. The van der Waals surface area contributed by atoms with E-state index < -0.39 is 18.6 Å². The van der Waals surface area contributed by atoms with Crippen LogP contribution in [-0.2, 0) is 4.79 Å². The van der Waals surface area contributed by atoms with Gasteiger partial charge in [-0.2, -0.15) is 13.2 Å². The second kappa shape index (κ2) is 6.67. The molecule has 0 aliphatic rings. The van der Waals surface area contributed by atoms with E-state index in [1.54, 1.807) is 17.4 Å². The summed E-state index contributed by atoms with van der Waals surface area (Å²) in [6.45, 7) is -1.74. The Hall–Kier alpha value is -0.660. The highest BCUT2D eigenvalue weighted by Crippen LogP contribution is 2.33. The van der Waals surface area contributed by atoms with Gasteiger partial charge in [-0.25, -0.2) is 0 Å². The largest absolute Gasteiger partial charge is 0.405 e. The molecule has 0 unspecified atom stereocenters. The fourth-order valence-electron chi connectivity index (χ4n) is 1.14. The van der Waals surface area contributed by atoms with Gasteiger partial charge in [0.05, 0.1) is 22.3 Å². The molecule has 0 saturated heterocycles. The first-order chi connectivity index (χ1) is 8.69. The van der Waals surface area contributed by atoms with Gasteiger partial charge in [-0.05, 0) is 12.1 Å². The zero-order valence-corrected chi connectivity index (χ0v) is 12.3. The van der Waals surface area contributed by atoms with Gasteiger partial charge in [0.1, 0.15) is 6.54 Å². The Bertz CT molecular complexity index is 459. The lowest BCUT2D eigenvalue weighted by Gasteiger charge is -2.12. The average molecular weight is 380 g/mol. The minimum absolute atomic E-state index is 0.253. The first-order valence-electron chi connectivity index (χ1n) is 4.91. The van der Waals surface area contributed by atoms with Crippen molar-refractivity contribution in [3.05, 3.63) is 26.7 Å². The summed E-state index contributed by atoms with van der Waals surface area (Å²) < 4.78 is 36.3. The number of carbonyl (C=O) groups excluding carboxylic acids is 1. The summed E-state index contributed by atoms with van der Waals surface area (Å²) in [4.78, 5) is 11.2. The van der Waals surface area contributed by atoms with E-state index in [2.05, 4.69) is 21.2 Å². The summed E-state index contributed by atoms with van der Waals surface area (Å²) in [7, 11) is 0. The molecule has 0 fully saturated rings. The maximum Gasteiger partial charge on any atom is 0.405 e. The van der Waals surface area contributed by atoms with E-state index in [0.29, 0.717) is 4.47 Å². The molecule has 2 N–H and O–H groups in total. The fourth-order valence-corrected chi connectivity index (χ4v) is 2.48. The molecule has 0 aliphatic carbocycles. The molecule has 0 radical (unpaired) electrons. The summed E-state index contributed by atoms with van der Waals surface area (Å²) in [6.07, 6.45) is -4.44. The number of rotatable bonds is 4. The zero-order valence-electron chi connectivity index (χ0n) is 9.24. The highest BCUT2D eigenvalue weighted by Gasteiger charge is 2.27. The number of benzene rings is 1. The smallest absolute Gasteiger partial charge is 0.374 e. The van der Waals surface area contributed by atoms with Crippen molar-refractivity contribution in [2.24, 2.45) is 0 Å². The SMILES string of the molecule is O=C(CNc1c(Cl)cc(Br)cc1Cl)NCC(F)(F)F. The fraction of sp³-hybridized carbons (Fsp3) is 0.300. The van der Waals surface area contributed by atoms with Crippen molar-refractivity contribution in [3.63, 3.8) is 0 Å². The number of hydrogen-bond acceptors (Lipinski definition) is 2. The Morgan fingerprint density at radius 2 is 1.79 bits per heavy atom. The van der Waals surface area contributed by atoms with Crippen LogP contribution in [0.15, 0.2) is 16.6 Å². The van der Waals surface area contributed by atoms with Gasteiger partial charge in [-0.1, -0.05) is 39.1 Å². The van der Waals surface area contributed by atoms with E-state index in [4.69, 9.17) is 23.2 Å². The van der Waals surface area contributed by atoms with Gasteiger partial charge in [-0.3, -0.25) is 4.79 Å². The molecule has 1 amide bonds. The molecule has 9 heteroatoms. The summed E-state index contributed by atoms with van der Waals surface area (Å²) in [5, 5.41) is 4.81. The Morgan fingerprint density at radius 3 is 2.26 bits per heavy atom. The molecule has 0 bridgehead atoms. The summed E-state index contributed by atoms with van der Waals surface area (Å²) >= 11 is 14.9. The Kier molecular flexibility index (Phi) is 5.76. The van der Waals surface area contributed by atoms with Crippen LogP contribution in [-0.4, -0.2) is 25.2 Å². The topological polar surface area (TPSA) is 41.1 Å². The Morgan fingerprint density at radius 1 is 1.26 bits per heavy atom. The van der Waals surface area contributed by atoms with Crippen LogP contribution in [0.4, 0.5) is 18.9 Å². The van der Waals surface area contributed by atoms with Crippen molar-refractivity contribution in [1.82, 2.24) is 5.32 Å². The minimum atomic E-state index is -4.44. The van der Waals surface area contributed by atoms with Crippen LogP contribution in [0.1, 0.15) is 0 Å². The predicted octanol–water partition coefficient (Wildman–Crippen LogP) is 3.85. The van der Waals surface area contributed by atoms with E-state index >= 15 is 0 Å². The Labute approximate surface area is 125 Å². The first-order valence-corrected chi connectivity index (χ1v) is 6.46. The van der Waals surface area contributed by atoms with Gasteiger partial charge in [0.15, 0.2) is 0 Å². The second-order valence-electron chi connectivity index (χ2n) is 3.49. The monoisotopic (exact) mass is 378 g/mol. The molecule has 0 spiro atoms. The molecular formula is C10H8BrCl2F3N2O. The molecule has 1 rings (SSSR count). The van der Waals surface area contributed by atoms with Crippen LogP contribution in [0, 0.1) is 0 Å². The number of alkyl halides is 3. The highest BCUT2D eigenvalue weighted by atomic mass is 79.9. The zero-order chi connectivity index (χ0) is 14.6. The molecule has 0 saturated carbocycles. The van der Waals surface area contributed by atoms with Crippen LogP contribution < -0.4 is 10.6 Å². The minimum Gasteiger partial charge on any atom is -0.374 e. The average Bonchev–Trinajstić information content (AvgIpc) is 2.23. The molecule has 0 heterocycles. The molecule has 19 heavy (non-hydrogen) atoms. The molecule has 1 aromatic carbocycles. The number of halogens is 6. The van der Waals surface area contributed by atoms with Gasteiger partial charge in [0.2, 0.25) is 5.91 Å². The van der Waals surface area contributed by atoms with E-state index in [1.165, 1.54) is 0 Å². The number of anilines is 1. The van der Waals surface area contributed by atoms with E-state index in [9.17, 15) is 18.0 Å². The molecule has 3 nitrogen and oxygen atoms in total. The molecule has 0 atom stereocenters. The van der Waals surface area contributed by atoms with Crippen molar-refractivity contribution < 1.29 is 18.0 Å². The number of hydrogen-bond donors (Lipinski definition) is 2. The second-order valence-corrected chi connectivity index (χ2v) is 5.22. The lowest BCUT2D eigenvalue weighted by atomic mass is 10.3. The van der Waals surface area contributed by atoms with Gasteiger partial charge in [-0.15, -0.1) is 0 Å². The molecule has 0 aromatic heterocycles. The van der Waals surface area contributed by atoms with E-state index in [-0.39, 0.29) is 22.3 Å². The third-order valence-electron chi connectivity index (χ3n) is 1.92. The number of nitrogens with one attached hydrogen (secondary N) is 2. The van der Waals surface area contributed by atoms with Crippen molar-refractivity contribution in [1.29, 1.82) is 0 Å². The van der Waals surface area contributed by atoms with Gasteiger partial charge >= 0.3 is 6.18 Å². The Balaban J connectivity index is 2.56. The standard InChI is InChI=1S/C10H8BrCl2F3N2O/c11-5-1-6(12)9(7(13)2-5)17-3-8(19)18-4-10(14,15)16/h1-2,17H,3-4H2,(H,18,19). The predicted molar refractivity (Wildman–Crippen MR) is 71.7 cm³/mol. The van der Waals surface area contributed by atoms with E-state index in [0.717, 1.165) is 0 Å². The molecular weight excluding hydrogens is 372 g/mol. The van der Waals surface area contributed by atoms with Crippen LogP contribution in [0.3, 0.4) is 0 Å². The van der Waals surface area contributed by atoms with Crippen LogP contribution >= 0.6 is 39.1 Å². The van der Waals surface area contributed by atoms with Crippen LogP contribution in [0.5, 0.6) is 0 Å². The van der Waals surface area contributed by atoms with Gasteiger partial charge in [0.25, 0.3) is 0 Å². The van der Waals surface area contributed by atoms with Gasteiger partial charge in [0, 0.05) is 4.47 Å². The summed E-state index contributed by atoms with van der Waals surface area (Å²) in [5.41, 5.74) is 0.286. The third kappa shape index (κ3) is 5.88. The van der Waals surface area contributed by atoms with Gasteiger partial charge < -0.3 is 10.6 Å². The molecule has 0 aliphatic heterocycles. The van der Waals surface area contributed by atoms with Crippen LogP contribution in [0.25, 0.3) is 0 Å². The number of carbonyl (C=O) groups is 1. The maximum absolute atomic E-state index is 11.9. The maximum atomic E-state index is 11.9. The highest BCUT2D eigenvalue weighted by molar-refractivity contribution is 9.10. The normalized spacial score (nSPS) is 11.3. The van der Waals surface area contributed by atoms with Crippen molar-refractivity contribution >= 4 is 50.7 Å². The van der Waals surface area contributed by atoms with Crippen molar-refractivity contribution in [3.8, 4) is 0 Å². The van der Waals surface area contributed by atoms with Crippen molar-refractivity contribution in [2.45, 2.75) is 6.18 Å². The summed E-state index contributed by atoms with van der Waals surface area (Å²) in [5.74, 6) is -0.813. The molecule has 1 aromatic rings. The van der Waals surface area contributed by atoms with E-state index in [1.807, 2.05) is 0 Å². The summed E-state index contributed by atoms with van der Waals surface area (Å²) in [6, 6.07) is 3.09. The lowest BCUT2D eigenvalue weighted by Crippen LogP contribution is -2.37.